The second-order valence-electron chi connectivity index (χ2n) is 6.25. The molecule has 0 saturated heterocycles. The largest absolute Gasteiger partial charge is 0.416 e. The van der Waals surface area contributed by atoms with Gasteiger partial charge in [-0.15, -0.1) is 0 Å². The Bertz CT molecular complexity index is 745. The van der Waals surface area contributed by atoms with Crippen LogP contribution in [0.2, 0.25) is 0 Å². The molecule has 0 spiro atoms. The first kappa shape index (κ1) is 17.7. The molecule has 1 unspecified atom stereocenters. The molecule has 6 heteroatoms. The smallest absolute Gasteiger partial charge is 0.329 e. The van der Waals surface area contributed by atoms with Crippen LogP contribution in [0.5, 0.6) is 0 Å². The molecule has 2 aromatic rings. The van der Waals surface area contributed by atoms with Crippen molar-refractivity contribution in [2.75, 3.05) is 6.54 Å². The van der Waals surface area contributed by atoms with Gasteiger partial charge >= 0.3 is 6.18 Å². The molecular formula is C19H22F3N3. The first-order valence-electron chi connectivity index (χ1n) is 8.55. The van der Waals surface area contributed by atoms with Gasteiger partial charge in [-0.1, -0.05) is 25.6 Å². The maximum atomic E-state index is 12.7. The predicted molar refractivity (Wildman–Crippen MR) is 92.2 cm³/mol. The highest BCUT2D eigenvalue weighted by Crippen LogP contribution is 2.31. The zero-order chi connectivity index (χ0) is 18.0. The first-order chi connectivity index (χ1) is 11.9. The summed E-state index contributed by atoms with van der Waals surface area (Å²) in [5.74, 6) is 1.06. The summed E-state index contributed by atoms with van der Waals surface area (Å²) in [6.45, 7) is 7.70. The van der Waals surface area contributed by atoms with E-state index in [-0.39, 0.29) is 6.04 Å². The normalized spacial score (nSPS) is 17.4. The van der Waals surface area contributed by atoms with Crippen molar-refractivity contribution in [2.45, 2.75) is 44.9 Å². The number of nitrogens with one attached hydrogen (secondary N) is 1. The van der Waals surface area contributed by atoms with E-state index in [1.807, 2.05) is 0 Å². The molecule has 0 aliphatic carbocycles. The number of fused-ring (bicyclic) bond motifs is 1. The third-order valence-corrected chi connectivity index (χ3v) is 4.68. The number of aryl methyl sites for hydroxylation is 2. The average molecular weight is 349 g/mol. The lowest BCUT2D eigenvalue weighted by Crippen LogP contribution is -2.34. The average Bonchev–Trinajstić information content (AvgIpc) is 2.98. The number of aromatic nitrogens is 2. The van der Waals surface area contributed by atoms with Gasteiger partial charge < -0.3 is 9.88 Å². The van der Waals surface area contributed by atoms with Gasteiger partial charge in [-0.2, -0.15) is 13.2 Å². The number of halogens is 3. The Balaban J connectivity index is 1.75. The van der Waals surface area contributed by atoms with Crippen LogP contribution in [-0.2, 0) is 25.6 Å². The van der Waals surface area contributed by atoms with Crippen LogP contribution in [0.4, 0.5) is 13.2 Å². The van der Waals surface area contributed by atoms with Gasteiger partial charge in [0.15, 0.2) is 0 Å². The van der Waals surface area contributed by atoms with Gasteiger partial charge in [0.25, 0.3) is 0 Å². The van der Waals surface area contributed by atoms with E-state index in [2.05, 4.69) is 28.4 Å². The van der Waals surface area contributed by atoms with E-state index in [1.165, 1.54) is 0 Å². The van der Waals surface area contributed by atoms with Gasteiger partial charge in [0.1, 0.15) is 5.82 Å². The van der Waals surface area contributed by atoms with E-state index in [0.29, 0.717) is 6.42 Å². The van der Waals surface area contributed by atoms with Crippen LogP contribution < -0.4 is 5.32 Å². The molecule has 1 aliphatic heterocycles. The molecule has 0 fully saturated rings. The predicted octanol–water partition coefficient (Wildman–Crippen LogP) is 4.38. The van der Waals surface area contributed by atoms with Crippen molar-refractivity contribution >= 4 is 6.08 Å². The molecule has 3 nitrogen and oxygen atoms in total. The third-order valence-electron chi connectivity index (χ3n) is 4.68. The van der Waals surface area contributed by atoms with Crippen molar-refractivity contribution in [2.24, 2.45) is 0 Å². The third kappa shape index (κ3) is 3.63. The molecule has 25 heavy (non-hydrogen) atoms. The Kier molecular flexibility index (Phi) is 4.99. The summed E-state index contributed by atoms with van der Waals surface area (Å²) >= 11 is 0. The van der Waals surface area contributed by atoms with Gasteiger partial charge in [-0.3, -0.25) is 0 Å². The van der Waals surface area contributed by atoms with Crippen molar-refractivity contribution in [3.05, 3.63) is 59.2 Å². The summed E-state index contributed by atoms with van der Waals surface area (Å²) in [4.78, 5) is 4.65. The lowest BCUT2D eigenvalue weighted by molar-refractivity contribution is -0.137. The van der Waals surface area contributed by atoms with E-state index in [1.54, 1.807) is 18.2 Å². The first-order valence-corrected chi connectivity index (χ1v) is 8.55. The minimum absolute atomic E-state index is 0.136. The van der Waals surface area contributed by atoms with E-state index in [0.717, 1.165) is 60.8 Å². The van der Waals surface area contributed by atoms with Gasteiger partial charge in [-0.05, 0) is 36.6 Å². The van der Waals surface area contributed by atoms with Crippen LogP contribution in [0.3, 0.4) is 0 Å². The highest BCUT2D eigenvalue weighted by Gasteiger charge is 2.30. The Labute approximate surface area is 145 Å². The fourth-order valence-electron chi connectivity index (χ4n) is 3.43. The van der Waals surface area contributed by atoms with E-state index < -0.39 is 11.7 Å². The summed E-state index contributed by atoms with van der Waals surface area (Å²) in [5, 5.41) is 3.50. The van der Waals surface area contributed by atoms with Crippen molar-refractivity contribution in [1.29, 1.82) is 0 Å². The van der Waals surface area contributed by atoms with E-state index in [9.17, 15) is 13.2 Å². The molecule has 3 rings (SSSR count). The molecule has 0 bridgehead atoms. The standard InChI is InChI=1S/C19H22F3N3/c1-3-15-18-16(23-11-12-25(18)17(4-2)24-15)10-7-13-5-8-14(9-6-13)19(20,21)22/h3,5-6,8-9,16,23H,1,4,7,10-12H2,2H3. The fraction of sp³-hybridized carbons (Fsp3) is 0.421. The molecule has 0 radical (unpaired) electrons. The lowest BCUT2D eigenvalue weighted by atomic mass is 9.99. The lowest BCUT2D eigenvalue weighted by Gasteiger charge is -2.27. The summed E-state index contributed by atoms with van der Waals surface area (Å²) in [7, 11) is 0. The summed E-state index contributed by atoms with van der Waals surface area (Å²) in [6.07, 6.45) is -0.124. The van der Waals surface area contributed by atoms with Gasteiger partial charge in [0.2, 0.25) is 0 Å². The summed E-state index contributed by atoms with van der Waals surface area (Å²) < 4.78 is 40.2. The number of imidazole rings is 1. The maximum Gasteiger partial charge on any atom is 0.416 e. The molecule has 0 amide bonds. The van der Waals surface area contributed by atoms with Gasteiger partial charge in [-0.25, -0.2) is 4.98 Å². The zero-order valence-electron chi connectivity index (χ0n) is 14.2. The zero-order valence-corrected chi connectivity index (χ0v) is 14.2. The highest BCUT2D eigenvalue weighted by atomic mass is 19.4. The molecule has 1 aromatic carbocycles. The SMILES string of the molecule is C=Cc1nc(CC)n2c1C(CCc1ccc(C(F)(F)F)cc1)NCC2. The number of hydrogen-bond donors (Lipinski definition) is 1. The Morgan fingerprint density at radius 3 is 2.64 bits per heavy atom. The Hall–Kier alpha value is -2.08. The van der Waals surface area contributed by atoms with Crippen molar-refractivity contribution < 1.29 is 13.2 Å². The van der Waals surface area contributed by atoms with Gasteiger partial charge in [0.05, 0.1) is 23.0 Å². The summed E-state index contributed by atoms with van der Waals surface area (Å²) in [6, 6.07) is 5.57. The second kappa shape index (κ2) is 7.04. The maximum absolute atomic E-state index is 12.7. The van der Waals surface area contributed by atoms with Crippen LogP contribution in [-0.4, -0.2) is 16.1 Å². The van der Waals surface area contributed by atoms with Crippen molar-refractivity contribution in [1.82, 2.24) is 14.9 Å². The number of benzene rings is 1. The van der Waals surface area contributed by atoms with Crippen molar-refractivity contribution in [3.63, 3.8) is 0 Å². The number of rotatable bonds is 5. The van der Waals surface area contributed by atoms with E-state index in [4.69, 9.17) is 0 Å². The fourth-order valence-corrected chi connectivity index (χ4v) is 3.43. The quantitative estimate of drug-likeness (QED) is 0.868. The number of alkyl halides is 3. The van der Waals surface area contributed by atoms with Crippen LogP contribution in [0.25, 0.3) is 6.08 Å². The van der Waals surface area contributed by atoms with Crippen LogP contribution in [0.1, 0.15) is 47.7 Å². The Morgan fingerprint density at radius 1 is 1.32 bits per heavy atom. The molecule has 1 aliphatic rings. The molecule has 0 saturated carbocycles. The van der Waals surface area contributed by atoms with Crippen LogP contribution in [0.15, 0.2) is 30.8 Å². The molecule has 2 heterocycles. The van der Waals surface area contributed by atoms with Crippen LogP contribution in [0, 0.1) is 0 Å². The monoisotopic (exact) mass is 349 g/mol. The van der Waals surface area contributed by atoms with Gasteiger partial charge in [0, 0.05) is 19.5 Å². The second-order valence-corrected chi connectivity index (χ2v) is 6.25. The minimum atomic E-state index is -4.29. The summed E-state index contributed by atoms with van der Waals surface area (Å²) in [5.41, 5.74) is 2.35. The van der Waals surface area contributed by atoms with Crippen LogP contribution >= 0.6 is 0 Å². The highest BCUT2D eigenvalue weighted by molar-refractivity contribution is 5.47. The molecular weight excluding hydrogens is 327 g/mol. The number of hydrogen-bond acceptors (Lipinski definition) is 2. The number of nitrogens with zero attached hydrogens (tertiary/aromatic N) is 2. The minimum Gasteiger partial charge on any atom is -0.329 e. The molecule has 1 N–H and O–H groups in total. The van der Waals surface area contributed by atoms with E-state index >= 15 is 0 Å². The topological polar surface area (TPSA) is 29.9 Å². The van der Waals surface area contributed by atoms with Crippen molar-refractivity contribution in [3.8, 4) is 0 Å². The molecule has 1 aromatic heterocycles. The Morgan fingerprint density at radius 2 is 2.04 bits per heavy atom. The molecule has 134 valence electrons. The molecule has 1 atom stereocenters.